The average Bonchev–Trinajstić information content (AvgIpc) is 2.31. The molecule has 0 amide bonds. The van der Waals surface area contributed by atoms with Gasteiger partial charge in [0, 0.05) is 25.9 Å². The van der Waals surface area contributed by atoms with Crippen molar-refractivity contribution < 1.29 is 9.47 Å². The SMILES string of the molecule is CCC(CCCOC1CCOCC1)NC. The Morgan fingerprint density at radius 3 is 2.73 bits per heavy atom. The third-order valence-corrected chi connectivity index (χ3v) is 3.12. The first-order valence-electron chi connectivity index (χ1n) is 6.23. The van der Waals surface area contributed by atoms with Crippen molar-refractivity contribution in [2.75, 3.05) is 26.9 Å². The number of ether oxygens (including phenoxy) is 2. The zero-order chi connectivity index (χ0) is 10.9. The Hall–Kier alpha value is -0.120. The summed E-state index contributed by atoms with van der Waals surface area (Å²) in [5, 5.41) is 3.31. The van der Waals surface area contributed by atoms with Crippen LogP contribution in [-0.4, -0.2) is 39.0 Å². The summed E-state index contributed by atoms with van der Waals surface area (Å²) in [4.78, 5) is 0. The molecular formula is C12H25NO2. The summed E-state index contributed by atoms with van der Waals surface area (Å²) in [7, 11) is 2.04. The van der Waals surface area contributed by atoms with E-state index in [-0.39, 0.29) is 0 Å². The van der Waals surface area contributed by atoms with Crippen molar-refractivity contribution in [3.05, 3.63) is 0 Å². The summed E-state index contributed by atoms with van der Waals surface area (Å²) in [5.41, 5.74) is 0. The monoisotopic (exact) mass is 215 g/mol. The van der Waals surface area contributed by atoms with Gasteiger partial charge in [0.25, 0.3) is 0 Å². The number of rotatable bonds is 7. The molecule has 1 unspecified atom stereocenters. The fraction of sp³-hybridized carbons (Fsp3) is 1.00. The predicted molar refractivity (Wildman–Crippen MR) is 62.2 cm³/mol. The summed E-state index contributed by atoms with van der Waals surface area (Å²) >= 11 is 0. The molecule has 0 aromatic rings. The van der Waals surface area contributed by atoms with Gasteiger partial charge in [-0.05, 0) is 39.2 Å². The van der Waals surface area contributed by atoms with Crippen molar-refractivity contribution in [2.45, 2.75) is 51.2 Å². The Labute approximate surface area is 93.5 Å². The molecule has 0 aromatic carbocycles. The van der Waals surface area contributed by atoms with Crippen LogP contribution < -0.4 is 5.32 Å². The third kappa shape index (κ3) is 5.50. The zero-order valence-corrected chi connectivity index (χ0v) is 10.1. The van der Waals surface area contributed by atoms with E-state index < -0.39 is 0 Å². The summed E-state index contributed by atoms with van der Waals surface area (Å²) in [5.74, 6) is 0. The highest BCUT2D eigenvalue weighted by Gasteiger charge is 2.13. The molecule has 0 aliphatic carbocycles. The zero-order valence-electron chi connectivity index (χ0n) is 10.1. The minimum atomic E-state index is 0.452. The Bertz CT molecular complexity index is 143. The number of hydrogen-bond donors (Lipinski definition) is 1. The van der Waals surface area contributed by atoms with E-state index in [9.17, 15) is 0 Å². The van der Waals surface area contributed by atoms with Crippen LogP contribution >= 0.6 is 0 Å². The summed E-state index contributed by atoms with van der Waals surface area (Å²) in [6.07, 6.45) is 6.18. The molecule has 1 aliphatic rings. The molecule has 1 aliphatic heterocycles. The molecule has 1 rings (SSSR count). The van der Waals surface area contributed by atoms with Crippen molar-refractivity contribution >= 4 is 0 Å². The van der Waals surface area contributed by atoms with Gasteiger partial charge in [-0.15, -0.1) is 0 Å². The second kappa shape index (κ2) is 8.08. The molecule has 1 atom stereocenters. The molecule has 3 nitrogen and oxygen atoms in total. The first-order valence-corrected chi connectivity index (χ1v) is 6.23. The van der Waals surface area contributed by atoms with Crippen molar-refractivity contribution in [3.8, 4) is 0 Å². The summed E-state index contributed by atoms with van der Waals surface area (Å²) in [6, 6.07) is 0.656. The Morgan fingerprint density at radius 2 is 2.13 bits per heavy atom. The van der Waals surface area contributed by atoms with Gasteiger partial charge in [-0.1, -0.05) is 6.92 Å². The fourth-order valence-corrected chi connectivity index (χ4v) is 1.97. The maximum atomic E-state index is 5.81. The van der Waals surface area contributed by atoms with Gasteiger partial charge in [0.05, 0.1) is 6.10 Å². The second-order valence-electron chi connectivity index (χ2n) is 4.22. The van der Waals surface area contributed by atoms with E-state index in [2.05, 4.69) is 12.2 Å². The van der Waals surface area contributed by atoms with Crippen LogP contribution in [0.15, 0.2) is 0 Å². The lowest BCUT2D eigenvalue weighted by Crippen LogP contribution is -2.26. The van der Waals surface area contributed by atoms with E-state index in [0.29, 0.717) is 12.1 Å². The lowest BCUT2D eigenvalue weighted by molar-refractivity contribution is -0.0330. The molecular weight excluding hydrogens is 190 g/mol. The third-order valence-electron chi connectivity index (χ3n) is 3.12. The molecule has 0 aromatic heterocycles. The number of hydrogen-bond acceptors (Lipinski definition) is 3. The van der Waals surface area contributed by atoms with Crippen LogP contribution in [0.5, 0.6) is 0 Å². The Morgan fingerprint density at radius 1 is 1.40 bits per heavy atom. The Kier molecular flexibility index (Phi) is 6.98. The molecule has 1 fully saturated rings. The van der Waals surface area contributed by atoms with E-state index in [1.807, 2.05) is 7.05 Å². The van der Waals surface area contributed by atoms with E-state index in [0.717, 1.165) is 39.1 Å². The highest BCUT2D eigenvalue weighted by atomic mass is 16.5. The van der Waals surface area contributed by atoms with Crippen LogP contribution in [0.4, 0.5) is 0 Å². The van der Waals surface area contributed by atoms with Gasteiger partial charge in [0.2, 0.25) is 0 Å². The molecule has 1 saturated heterocycles. The van der Waals surface area contributed by atoms with Gasteiger partial charge in [-0.25, -0.2) is 0 Å². The molecule has 0 radical (unpaired) electrons. The van der Waals surface area contributed by atoms with Crippen LogP contribution in [0.2, 0.25) is 0 Å². The van der Waals surface area contributed by atoms with Crippen molar-refractivity contribution in [3.63, 3.8) is 0 Å². The minimum Gasteiger partial charge on any atom is -0.381 e. The van der Waals surface area contributed by atoms with Gasteiger partial charge in [0.1, 0.15) is 0 Å². The molecule has 90 valence electrons. The number of nitrogens with one attached hydrogen (secondary N) is 1. The van der Waals surface area contributed by atoms with E-state index >= 15 is 0 Å². The standard InChI is InChI=1S/C12H25NO2/c1-3-11(13-2)5-4-8-15-12-6-9-14-10-7-12/h11-13H,3-10H2,1-2H3. The normalized spacial score (nSPS) is 20.4. The predicted octanol–water partition coefficient (Wildman–Crippen LogP) is 1.96. The van der Waals surface area contributed by atoms with Crippen molar-refractivity contribution in [1.29, 1.82) is 0 Å². The quantitative estimate of drug-likeness (QED) is 0.659. The van der Waals surface area contributed by atoms with Crippen LogP contribution in [-0.2, 0) is 9.47 Å². The lowest BCUT2D eigenvalue weighted by Gasteiger charge is -2.22. The molecule has 0 spiro atoms. The van der Waals surface area contributed by atoms with Crippen LogP contribution in [0.3, 0.4) is 0 Å². The highest BCUT2D eigenvalue weighted by molar-refractivity contribution is 4.64. The van der Waals surface area contributed by atoms with Crippen LogP contribution in [0, 0.1) is 0 Å². The van der Waals surface area contributed by atoms with E-state index in [1.54, 1.807) is 0 Å². The molecule has 1 N–H and O–H groups in total. The van der Waals surface area contributed by atoms with Gasteiger partial charge >= 0.3 is 0 Å². The smallest absolute Gasteiger partial charge is 0.0619 e. The van der Waals surface area contributed by atoms with Gasteiger partial charge < -0.3 is 14.8 Å². The summed E-state index contributed by atoms with van der Waals surface area (Å²) < 4.78 is 11.1. The second-order valence-corrected chi connectivity index (χ2v) is 4.22. The summed E-state index contributed by atoms with van der Waals surface area (Å²) in [6.45, 7) is 4.88. The van der Waals surface area contributed by atoms with Crippen LogP contribution in [0.25, 0.3) is 0 Å². The van der Waals surface area contributed by atoms with E-state index in [1.165, 1.54) is 12.8 Å². The van der Waals surface area contributed by atoms with Crippen molar-refractivity contribution in [1.82, 2.24) is 5.32 Å². The maximum Gasteiger partial charge on any atom is 0.0619 e. The molecule has 0 saturated carbocycles. The van der Waals surface area contributed by atoms with Gasteiger partial charge in [-0.3, -0.25) is 0 Å². The Balaban J connectivity index is 1.95. The van der Waals surface area contributed by atoms with E-state index in [4.69, 9.17) is 9.47 Å². The minimum absolute atomic E-state index is 0.452. The molecule has 1 heterocycles. The average molecular weight is 215 g/mol. The van der Waals surface area contributed by atoms with Gasteiger partial charge in [0.15, 0.2) is 0 Å². The highest BCUT2D eigenvalue weighted by Crippen LogP contribution is 2.11. The molecule has 3 heteroatoms. The van der Waals surface area contributed by atoms with Crippen molar-refractivity contribution in [2.24, 2.45) is 0 Å². The topological polar surface area (TPSA) is 30.5 Å². The first-order chi connectivity index (χ1) is 7.36. The lowest BCUT2D eigenvalue weighted by atomic mass is 10.1. The van der Waals surface area contributed by atoms with Crippen LogP contribution in [0.1, 0.15) is 39.0 Å². The molecule has 15 heavy (non-hydrogen) atoms. The molecule has 0 bridgehead atoms. The maximum absolute atomic E-state index is 5.81. The largest absolute Gasteiger partial charge is 0.381 e. The van der Waals surface area contributed by atoms with Gasteiger partial charge in [-0.2, -0.15) is 0 Å². The first kappa shape index (κ1) is 12.9. The fourth-order valence-electron chi connectivity index (χ4n) is 1.97.